The van der Waals surface area contributed by atoms with Gasteiger partial charge >= 0.3 is 59.5 Å². The fourth-order valence-electron chi connectivity index (χ4n) is 7.79. The molecule has 0 saturated heterocycles. The van der Waals surface area contributed by atoms with Gasteiger partial charge in [-0.05, 0) is 33.1 Å². The number of rotatable bonds is 0. The zero-order valence-corrected chi connectivity index (χ0v) is 36.7. The van der Waals surface area contributed by atoms with Gasteiger partial charge in [-0.15, -0.1) is 46.2 Å². The third-order valence-electron chi connectivity index (χ3n) is 10.6. The molecule has 3 heteroatoms. The van der Waals surface area contributed by atoms with Crippen molar-refractivity contribution >= 4 is 35.9 Å². The van der Waals surface area contributed by atoms with Crippen LogP contribution in [0.1, 0.15) is 151 Å². The molecule has 0 nitrogen and oxygen atoms in total. The first-order valence-electron chi connectivity index (χ1n) is 18.1. The summed E-state index contributed by atoms with van der Waals surface area (Å²) in [5.41, 5.74) is 11.0. The molecule has 0 bridgehead atoms. The van der Waals surface area contributed by atoms with Gasteiger partial charge in [0.05, 0.1) is 0 Å². The molecule has 0 radical (unpaired) electrons. The van der Waals surface area contributed by atoms with Crippen molar-refractivity contribution in [3.05, 3.63) is 88.5 Å². The molecule has 264 valence electrons. The minimum atomic E-state index is 0. The van der Waals surface area contributed by atoms with Crippen LogP contribution in [0.25, 0.3) is 32.7 Å². The Morgan fingerprint density at radius 2 is 1.06 bits per heavy atom. The van der Waals surface area contributed by atoms with E-state index in [2.05, 4.69) is 151 Å². The van der Waals surface area contributed by atoms with Gasteiger partial charge in [0.15, 0.2) is 0 Å². The second-order valence-corrected chi connectivity index (χ2v) is 20.5. The Morgan fingerprint density at radius 3 is 1.35 bits per heavy atom. The van der Waals surface area contributed by atoms with Crippen LogP contribution < -0.4 is 24.8 Å². The van der Waals surface area contributed by atoms with E-state index in [1.165, 1.54) is 92.6 Å². The van der Waals surface area contributed by atoms with Gasteiger partial charge in [0.2, 0.25) is 0 Å². The summed E-state index contributed by atoms with van der Waals surface area (Å²) in [6.07, 6.45) is 20.8. The third-order valence-corrected chi connectivity index (χ3v) is 11.8. The molecule has 7 rings (SSSR count). The summed E-state index contributed by atoms with van der Waals surface area (Å²) in [6, 6.07) is 12.3. The van der Waals surface area contributed by atoms with Crippen molar-refractivity contribution in [2.24, 2.45) is 16.2 Å². The van der Waals surface area contributed by atoms with Crippen molar-refractivity contribution in [1.29, 1.82) is 0 Å². The summed E-state index contributed by atoms with van der Waals surface area (Å²) >= 11 is 1.69. The molecule has 0 atom stereocenters. The van der Waals surface area contributed by atoms with Crippen LogP contribution in [0.3, 0.4) is 0 Å². The molecular formula is C46H60Cl2Zr-2. The fraction of sp³-hybridized carbons (Fsp3) is 0.522. The van der Waals surface area contributed by atoms with Crippen molar-refractivity contribution in [2.45, 2.75) is 139 Å². The zero-order valence-electron chi connectivity index (χ0n) is 32.7. The Balaban J connectivity index is 0.000000298. The van der Waals surface area contributed by atoms with Gasteiger partial charge in [-0.25, -0.2) is 6.08 Å². The van der Waals surface area contributed by atoms with Crippen LogP contribution in [-0.2, 0) is 35.1 Å². The van der Waals surface area contributed by atoms with Crippen LogP contribution in [0.2, 0.25) is 0 Å². The third kappa shape index (κ3) is 8.98. The predicted molar refractivity (Wildman–Crippen MR) is 206 cm³/mol. The molecule has 0 N–H and O–H groups in total. The molecule has 1 fully saturated rings. The first-order valence-corrected chi connectivity index (χ1v) is 19.4. The summed E-state index contributed by atoms with van der Waals surface area (Å²) in [6.45, 7) is 30.1. The van der Waals surface area contributed by atoms with E-state index in [1.807, 2.05) is 0 Å². The van der Waals surface area contributed by atoms with E-state index in [-0.39, 0.29) is 46.5 Å². The summed E-state index contributed by atoms with van der Waals surface area (Å²) in [5, 5.41) is 5.58. The Kier molecular flexibility index (Phi) is 12.8. The maximum atomic E-state index is 3.16. The Hall–Kier alpha value is -1.40. The van der Waals surface area contributed by atoms with E-state index in [1.54, 1.807) is 27.4 Å². The van der Waals surface area contributed by atoms with E-state index in [0.717, 1.165) is 6.42 Å². The molecule has 0 amide bonds. The Morgan fingerprint density at radius 1 is 0.633 bits per heavy atom. The van der Waals surface area contributed by atoms with E-state index >= 15 is 0 Å². The molecule has 0 unspecified atom stereocenters. The molecular weight excluding hydrogens is 715 g/mol. The van der Waals surface area contributed by atoms with Gasteiger partial charge in [0.1, 0.15) is 0 Å². The molecule has 0 spiro atoms. The number of benzene rings is 2. The molecule has 49 heavy (non-hydrogen) atoms. The normalized spacial score (nSPS) is 19.0. The van der Waals surface area contributed by atoms with Crippen molar-refractivity contribution in [1.82, 2.24) is 0 Å². The number of halogens is 2. The van der Waals surface area contributed by atoms with Gasteiger partial charge in [0, 0.05) is 10.8 Å². The summed E-state index contributed by atoms with van der Waals surface area (Å²) in [7, 11) is 0. The van der Waals surface area contributed by atoms with E-state index in [9.17, 15) is 0 Å². The van der Waals surface area contributed by atoms with Crippen molar-refractivity contribution < 1.29 is 49.0 Å². The zero-order chi connectivity index (χ0) is 34.7. The Bertz CT molecular complexity index is 1720. The molecule has 0 heterocycles. The van der Waals surface area contributed by atoms with Gasteiger partial charge < -0.3 is 24.8 Å². The second-order valence-electron chi connectivity index (χ2n) is 18.8. The molecule has 4 aliphatic rings. The molecule has 0 aromatic heterocycles. The number of hydrogen-bond acceptors (Lipinski definition) is 0. The average Bonchev–Trinajstić information content (AvgIpc) is 3.71. The Labute approximate surface area is 326 Å². The van der Waals surface area contributed by atoms with Crippen molar-refractivity contribution in [3.63, 3.8) is 0 Å². The van der Waals surface area contributed by atoms with Crippen LogP contribution in [0.5, 0.6) is 0 Å². The average molecular weight is 775 g/mol. The minimum absolute atomic E-state index is 0. The quantitative estimate of drug-likeness (QED) is 0.207. The number of allylic oxidation sites excluding steroid dienone is 8. The van der Waals surface area contributed by atoms with Gasteiger partial charge in [0.25, 0.3) is 0 Å². The van der Waals surface area contributed by atoms with E-state index < -0.39 is 0 Å². The van der Waals surface area contributed by atoms with Crippen LogP contribution in [0, 0.1) is 22.3 Å². The summed E-state index contributed by atoms with van der Waals surface area (Å²) in [4.78, 5) is 0. The molecule has 3 aromatic carbocycles. The SMILES string of the molecule is CC(C)(C)C1=CC(C)(C)c2cc3[cH-]c4cc5c(cc4c3cc21)C(C(C)(C)C)=CC5(C)C.CC(C)(C)C1=CC[C-]=C1.[Cl-].[Cl-].[Zr+2]=[C]1CCCCC1. The summed E-state index contributed by atoms with van der Waals surface area (Å²) < 4.78 is 1.80. The second kappa shape index (κ2) is 14.9. The molecule has 4 aliphatic carbocycles. The molecule has 3 aromatic rings. The van der Waals surface area contributed by atoms with Crippen LogP contribution in [0.15, 0.2) is 60.2 Å². The molecule has 0 aliphatic heterocycles. The topological polar surface area (TPSA) is 0 Å². The fourth-order valence-corrected chi connectivity index (χ4v) is 8.66. The monoisotopic (exact) mass is 772 g/mol. The first-order chi connectivity index (χ1) is 21.6. The van der Waals surface area contributed by atoms with Gasteiger partial charge in [-0.2, -0.15) is 11.6 Å². The van der Waals surface area contributed by atoms with Crippen molar-refractivity contribution in [2.75, 3.05) is 0 Å². The number of fused-ring (bicyclic) bond motifs is 5. The molecule has 1 saturated carbocycles. The van der Waals surface area contributed by atoms with Crippen LogP contribution in [0.4, 0.5) is 0 Å². The summed E-state index contributed by atoms with van der Waals surface area (Å²) in [5.74, 6) is 0. The standard InChI is InChI=1S/C31H37.C9H13.C6H10.2ClH.Zr/c1-28(2,3)26-16-30(7,8)24-12-18-11-19-13-25-23(15-21(19)20(18)14-22(24)26)27(29(4,5)6)17-31(25,9)10;1-9(2,3)8-6-4-5-7-8;1-2-4-6-5-3-1;;;/h11-17H,1-10H3;6-7H,4H2,1-3H3;1-5H2;2*1H;/q2*-1;;;;+2/p-2. The van der Waals surface area contributed by atoms with Gasteiger partial charge in [-0.1, -0.05) is 131 Å². The number of hydrogen-bond donors (Lipinski definition) is 0. The maximum absolute atomic E-state index is 3.16. The van der Waals surface area contributed by atoms with Gasteiger partial charge in [-0.3, -0.25) is 6.08 Å². The van der Waals surface area contributed by atoms with Crippen molar-refractivity contribution in [3.8, 4) is 0 Å². The predicted octanol–water partition coefficient (Wildman–Crippen LogP) is 7.55. The first kappa shape index (κ1) is 42.0. The van der Waals surface area contributed by atoms with Crippen LogP contribution >= 0.6 is 0 Å². The van der Waals surface area contributed by atoms with E-state index in [4.69, 9.17) is 0 Å². The van der Waals surface area contributed by atoms with Crippen LogP contribution in [-0.4, -0.2) is 3.21 Å². The van der Waals surface area contributed by atoms with E-state index in [0.29, 0.717) is 5.41 Å².